The van der Waals surface area contributed by atoms with Crippen LogP contribution in [0.3, 0.4) is 0 Å². The Morgan fingerprint density at radius 3 is 2.72 bits per heavy atom. The maximum Gasteiger partial charge on any atom is 0.123 e. The second kappa shape index (κ2) is 5.08. The highest BCUT2D eigenvalue weighted by atomic mass is 19.1. The smallest absolute Gasteiger partial charge is 0.123 e. The van der Waals surface area contributed by atoms with Gasteiger partial charge < -0.3 is 10.5 Å². The number of rotatable bonds is 3. The van der Waals surface area contributed by atoms with E-state index in [1.807, 2.05) is 32.0 Å². The number of ether oxygens (including phenoxy) is 1. The van der Waals surface area contributed by atoms with Crippen LogP contribution in [-0.2, 0) is 6.61 Å². The number of benzene rings is 2. The Morgan fingerprint density at radius 2 is 1.94 bits per heavy atom. The van der Waals surface area contributed by atoms with Gasteiger partial charge in [-0.1, -0.05) is 12.1 Å². The monoisotopic (exact) mass is 245 g/mol. The van der Waals surface area contributed by atoms with Gasteiger partial charge in [0.2, 0.25) is 0 Å². The van der Waals surface area contributed by atoms with E-state index in [0.29, 0.717) is 11.3 Å². The number of hydrogen-bond acceptors (Lipinski definition) is 2. The SMILES string of the molecule is Cc1cccc(OCc2cc(F)ccc2N)c1C. The van der Waals surface area contributed by atoms with Crippen molar-refractivity contribution in [2.75, 3.05) is 5.73 Å². The third kappa shape index (κ3) is 2.62. The third-order valence-electron chi connectivity index (χ3n) is 3.04. The fourth-order valence-electron chi connectivity index (χ4n) is 1.74. The predicted molar refractivity (Wildman–Crippen MR) is 71.1 cm³/mol. The van der Waals surface area contributed by atoms with Crippen LogP contribution in [0.1, 0.15) is 16.7 Å². The molecule has 0 unspecified atom stereocenters. The van der Waals surface area contributed by atoms with E-state index in [4.69, 9.17) is 10.5 Å². The summed E-state index contributed by atoms with van der Waals surface area (Å²) in [6.07, 6.45) is 0. The van der Waals surface area contributed by atoms with Crippen molar-refractivity contribution in [1.29, 1.82) is 0 Å². The number of nitrogens with two attached hydrogens (primary N) is 1. The normalized spacial score (nSPS) is 10.4. The van der Waals surface area contributed by atoms with Crippen molar-refractivity contribution in [2.45, 2.75) is 20.5 Å². The van der Waals surface area contributed by atoms with E-state index in [0.717, 1.165) is 11.3 Å². The molecule has 94 valence electrons. The summed E-state index contributed by atoms with van der Waals surface area (Å²) in [6.45, 7) is 4.30. The molecule has 0 saturated heterocycles. The van der Waals surface area contributed by atoms with Gasteiger partial charge in [0.05, 0.1) is 0 Å². The van der Waals surface area contributed by atoms with Gasteiger partial charge in [-0.05, 0) is 49.2 Å². The van der Waals surface area contributed by atoms with E-state index in [-0.39, 0.29) is 12.4 Å². The van der Waals surface area contributed by atoms with Gasteiger partial charge in [0, 0.05) is 11.3 Å². The number of nitrogen functional groups attached to an aromatic ring is 1. The molecular weight excluding hydrogens is 229 g/mol. The minimum atomic E-state index is -0.302. The molecule has 2 aromatic carbocycles. The summed E-state index contributed by atoms with van der Waals surface area (Å²) < 4.78 is 18.8. The zero-order valence-electron chi connectivity index (χ0n) is 10.5. The van der Waals surface area contributed by atoms with Crippen LogP contribution in [0.4, 0.5) is 10.1 Å². The molecule has 2 N–H and O–H groups in total. The van der Waals surface area contributed by atoms with Gasteiger partial charge in [0.25, 0.3) is 0 Å². The van der Waals surface area contributed by atoms with Crippen LogP contribution >= 0.6 is 0 Å². The molecule has 0 aliphatic rings. The first kappa shape index (κ1) is 12.4. The van der Waals surface area contributed by atoms with Crippen molar-refractivity contribution in [2.24, 2.45) is 0 Å². The molecule has 0 heterocycles. The van der Waals surface area contributed by atoms with Crippen molar-refractivity contribution in [3.8, 4) is 5.75 Å². The minimum Gasteiger partial charge on any atom is -0.489 e. The summed E-state index contributed by atoms with van der Waals surface area (Å²) in [5.74, 6) is 0.502. The lowest BCUT2D eigenvalue weighted by Gasteiger charge is -2.12. The van der Waals surface area contributed by atoms with E-state index in [1.54, 1.807) is 6.07 Å². The van der Waals surface area contributed by atoms with Gasteiger partial charge in [-0.3, -0.25) is 0 Å². The Bertz CT molecular complexity index is 564. The maximum atomic E-state index is 13.1. The fourth-order valence-corrected chi connectivity index (χ4v) is 1.74. The molecule has 2 nitrogen and oxygen atoms in total. The van der Waals surface area contributed by atoms with Crippen LogP contribution in [0.25, 0.3) is 0 Å². The summed E-state index contributed by atoms with van der Waals surface area (Å²) in [6, 6.07) is 10.2. The fraction of sp³-hybridized carbons (Fsp3) is 0.200. The molecule has 0 aliphatic heterocycles. The van der Waals surface area contributed by atoms with Crippen LogP contribution in [-0.4, -0.2) is 0 Å². The van der Waals surface area contributed by atoms with Gasteiger partial charge in [0.15, 0.2) is 0 Å². The Morgan fingerprint density at radius 1 is 1.17 bits per heavy atom. The van der Waals surface area contributed by atoms with E-state index < -0.39 is 0 Å². The molecule has 0 fully saturated rings. The average Bonchev–Trinajstić information content (AvgIpc) is 2.35. The Balaban J connectivity index is 2.16. The Kier molecular flexibility index (Phi) is 3.51. The lowest BCUT2D eigenvalue weighted by Crippen LogP contribution is -2.02. The summed E-state index contributed by atoms with van der Waals surface area (Å²) in [7, 11) is 0. The zero-order chi connectivity index (χ0) is 13.1. The van der Waals surface area contributed by atoms with Crippen LogP contribution in [0.5, 0.6) is 5.75 Å². The summed E-state index contributed by atoms with van der Waals surface area (Å²) in [4.78, 5) is 0. The molecule has 0 radical (unpaired) electrons. The molecule has 0 spiro atoms. The highest BCUT2D eigenvalue weighted by Gasteiger charge is 2.05. The quantitative estimate of drug-likeness (QED) is 0.838. The second-order valence-corrected chi connectivity index (χ2v) is 4.33. The number of anilines is 1. The number of halogens is 1. The molecule has 3 heteroatoms. The van der Waals surface area contributed by atoms with Crippen LogP contribution < -0.4 is 10.5 Å². The lowest BCUT2D eigenvalue weighted by molar-refractivity contribution is 0.304. The molecular formula is C15H16FNO. The van der Waals surface area contributed by atoms with Crippen LogP contribution in [0.15, 0.2) is 36.4 Å². The first-order valence-electron chi connectivity index (χ1n) is 5.81. The van der Waals surface area contributed by atoms with E-state index >= 15 is 0 Å². The predicted octanol–water partition coefficient (Wildman–Crippen LogP) is 3.60. The molecule has 2 aromatic rings. The number of hydrogen-bond donors (Lipinski definition) is 1. The van der Waals surface area contributed by atoms with Gasteiger partial charge in [-0.2, -0.15) is 0 Å². The second-order valence-electron chi connectivity index (χ2n) is 4.33. The Labute approximate surface area is 106 Å². The van der Waals surface area contributed by atoms with E-state index in [2.05, 4.69) is 0 Å². The van der Waals surface area contributed by atoms with Crippen molar-refractivity contribution < 1.29 is 9.13 Å². The zero-order valence-corrected chi connectivity index (χ0v) is 10.5. The molecule has 0 atom stereocenters. The molecule has 18 heavy (non-hydrogen) atoms. The van der Waals surface area contributed by atoms with E-state index in [1.165, 1.54) is 17.7 Å². The van der Waals surface area contributed by atoms with E-state index in [9.17, 15) is 4.39 Å². The standard InChI is InChI=1S/C15H16FNO/c1-10-4-3-5-15(11(10)2)18-9-12-8-13(16)6-7-14(12)17/h3-8H,9,17H2,1-2H3. The summed E-state index contributed by atoms with van der Waals surface area (Å²) >= 11 is 0. The molecule has 0 saturated carbocycles. The lowest BCUT2D eigenvalue weighted by atomic mass is 10.1. The topological polar surface area (TPSA) is 35.2 Å². The van der Waals surface area contributed by atoms with Gasteiger partial charge in [0.1, 0.15) is 18.2 Å². The minimum absolute atomic E-state index is 0.272. The number of aryl methyl sites for hydroxylation is 1. The van der Waals surface area contributed by atoms with Crippen molar-refractivity contribution in [1.82, 2.24) is 0 Å². The van der Waals surface area contributed by atoms with Crippen molar-refractivity contribution in [3.63, 3.8) is 0 Å². The third-order valence-corrected chi connectivity index (χ3v) is 3.04. The molecule has 0 aromatic heterocycles. The first-order chi connectivity index (χ1) is 8.58. The first-order valence-corrected chi connectivity index (χ1v) is 5.81. The molecule has 0 aliphatic carbocycles. The van der Waals surface area contributed by atoms with Crippen LogP contribution in [0.2, 0.25) is 0 Å². The van der Waals surface area contributed by atoms with Gasteiger partial charge >= 0.3 is 0 Å². The van der Waals surface area contributed by atoms with Crippen LogP contribution in [0, 0.1) is 19.7 Å². The molecule has 2 rings (SSSR count). The molecule has 0 bridgehead atoms. The van der Waals surface area contributed by atoms with Gasteiger partial charge in [-0.15, -0.1) is 0 Å². The van der Waals surface area contributed by atoms with Crippen molar-refractivity contribution >= 4 is 5.69 Å². The average molecular weight is 245 g/mol. The molecule has 0 amide bonds. The Hall–Kier alpha value is -2.03. The highest BCUT2D eigenvalue weighted by Crippen LogP contribution is 2.23. The van der Waals surface area contributed by atoms with Gasteiger partial charge in [-0.25, -0.2) is 4.39 Å². The summed E-state index contributed by atoms with van der Waals surface area (Å²) in [5.41, 5.74) is 9.24. The summed E-state index contributed by atoms with van der Waals surface area (Å²) in [5, 5.41) is 0. The maximum absolute atomic E-state index is 13.1. The van der Waals surface area contributed by atoms with Crippen molar-refractivity contribution in [3.05, 3.63) is 58.9 Å². The largest absolute Gasteiger partial charge is 0.489 e. The highest BCUT2D eigenvalue weighted by molar-refractivity contribution is 5.47.